The van der Waals surface area contributed by atoms with Gasteiger partial charge in [-0.15, -0.1) is 0 Å². The van der Waals surface area contributed by atoms with E-state index in [1.54, 1.807) is 6.07 Å². The molecule has 2 N–H and O–H groups in total. The lowest BCUT2D eigenvalue weighted by molar-refractivity contribution is 0.0774. The Bertz CT molecular complexity index is 450. The molecule has 1 saturated heterocycles. The molecule has 0 saturated carbocycles. The number of aromatic nitrogens is 1. The molecular formula is C15H25N3O. The fourth-order valence-electron chi connectivity index (χ4n) is 2.92. The quantitative estimate of drug-likeness (QED) is 0.908. The van der Waals surface area contributed by atoms with Crippen molar-refractivity contribution >= 4 is 11.6 Å². The number of rotatable bonds is 4. The van der Waals surface area contributed by atoms with Crippen LogP contribution in [0.15, 0.2) is 12.3 Å². The Kier molecular flexibility index (Phi) is 4.17. The van der Waals surface area contributed by atoms with Crippen molar-refractivity contribution in [1.82, 2.24) is 9.47 Å². The number of hydrogen-bond donors (Lipinski definition) is 1. The first-order valence-corrected chi connectivity index (χ1v) is 7.29. The van der Waals surface area contributed by atoms with E-state index in [0.29, 0.717) is 11.6 Å². The van der Waals surface area contributed by atoms with Gasteiger partial charge in [-0.1, -0.05) is 13.3 Å². The molecule has 4 heteroatoms. The van der Waals surface area contributed by atoms with Crippen molar-refractivity contribution < 1.29 is 4.79 Å². The van der Waals surface area contributed by atoms with Crippen LogP contribution in [0.4, 0.5) is 5.69 Å². The van der Waals surface area contributed by atoms with E-state index in [1.165, 1.54) is 12.8 Å². The number of amides is 1. The van der Waals surface area contributed by atoms with Gasteiger partial charge in [0.25, 0.3) is 5.91 Å². The maximum Gasteiger partial charge on any atom is 0.270 e. The van der Waals surface area contributed by atoms with Crippen molar-refractivity contribution in [2.45, 2.75) is 46.1 Å². The Labute approximate surface area is 115 Å². The van der Waals surface area contributed by atoms with Crippen LogP contribution in [-0.4, -0.2) is 28.5 Å². The molecule has 0 radical (unpaired) electrons. The topological polar surface area (TPSA) is 51.3 Å². The van der Waals surface area contributed by atoms with Crippen molar-refractivity contribution in [2.75, 3.05) is 18.8 Å². The minimum absolute atomic E-state index is 0.129. The van der Waals surface area contributed by atoms with E-state index in [2.05, 4.69) is 20.8 Å². The molecule has 1 aliphatic rings. The molecular weight excluding hydrogens is 238 g/mol. The van der Waals surface area contributed by atoms with Gasteiger partial charge < -0.3 is 15.2 Å². The second kappa shape index (κ2) is 5.68. The lowest BCUT2D eigenvalue weighted by atomic mass is 10.0. The van der Waals surface area contributed by atoms with Gasteiger partial charge in [-0.25, -0.2) is 0 Å². The third kappa shape index (κ3) is 2.94. The van der Waals surface area contributed by atoms with Crippen LogP contribution in [-0.2, 0) is 0 Å². The Morgan fingerprint density at radius 2 is 2.26 bits per heavy atom. The Hall–Kier alpha value is -1.45. The molecule has 0 spiro atoms. The molecule has 0 aromatic carbocycles. The van der Waals surface area contributed by atoms with Gasteiger partial charge in [0, 0.05) is 25.3 Å². The molecule has 1 fully saturated rings. The molecule has 106 valence electrons. The highest BCUT2D eigenvalue weighted by atomic mass is 16.2. The number of carbonyl (C=O) groups excluding carboxylic acids is 1. The fourth-order valence-corrected chi connectivity index (χ4v) is 2.92. The third-order valence-electron chi connectivity index (χ3n) is 3.92. The van der Waals surface area contributed by atoms with Crippen molar-refractivity contribution in [2.24, 2.45) is 5.92 Å². The van der Waals surface area contributed by atoms with Crippen molar-refractivity contribution in [3.8, 4) is 0 Å². The van der Waals surface area contributed by atoms with E-state index in [-0.39, 0.29) is 11.9 Å². The molecule has 1 unspecified atom stereocenters. The van der Waals surface area contributed by atoms with E-state index in [0.717, 1.165) is 25.2 Å². The van der Waals surface area contributed by atoms with Crippen LogP contribution in [0.2, 0.25) is 0 Å². The Balaban J connectivity index is 2.12. The maximum atomic E-state index is 12.6. The van der Waals surface area contributed by atoms with Gasteiger partial charge in [0.15, 0.2) is 0 Å². The summed E-state index contributed by atoms with van der Waals surface area (Å²) in [6.07, 6.45) is 5.41. The molecule has 1 aromatic heterocycles. The molecule has 0 bridgehead atoms. The smallest absolute Gasteiger partial charge is 0.270 e. The summed E-state index contributed by atoms with van der Waals surface area (Å²) in [6.45, 7) is 8.12. The number of carbonyl (C=O) groups is 1. The molecule has 1 aromatic rings. The SMILES string of the molecule is CCCC1CCN(C(=O)c2cc(N)cn2C(C)C)C1. The lowest BCUT2D eigenvalue weighted by Gasteiger charge is -2.19. The van der Waals surface area contributed by atoms with Gasteiger partial charge in [-0.3, -0.25) is 4.79 Å². The highest BCUT2D eigenvalue weighted by Gasteiger charge is 2.28. The van der Waals surface area contributed by atoms with Gasteiger partial charge in [0.1, 0.15) is 5.69 Å². The number of nitrogen functional groups attached to an aromatic ring is 1. The zero-order chi connectivity index (χ0) is 14.0. The van der Waals surface area contributed by atoms with Crippen LogP contribution in [0.1, 0.15) is 56.6 Å². The Morgan fingerprint density at radius 1 is 1.53 bits per heavy atom. The second-order valence-electron chi connectivity index (χ2n) is 5.85. The fraction of sp³-hybridized carbons (Fsp3) is 0.667. The predicted octanol–water partition coefficient (Wildman–Crippen LogP) is 2.91. The van der Waals surface area contributed by atoms with Crippen molar-refractivity contribution in [3.63, 3.8) is 0 Å². The van der Waals surface area contributed by atoms with Crippen LogP contribution < -0.4 is 5.73 Å². The second-order valence-corrected chi connectivity index (χ2v) is 5.85. The number of likely N-dealkylation sites (tertiary alicyclic amines) is 1. The first kappa shape index (κ1) is 14.0. The molecule has 19 heavy (non-hydrogen) atoms. The molecule has 1 aliphatic heterocycles. The van der Waals surface area contributed by atoms with E-state index in [1.807, 2.05) is 15.7 Å². The predicted molar refractivity (Wildman–Crippen MR) is 78.1 cm³/mol. The molecule has 1 amide bonds. The van der Waals surface area contributed by atoms with Gasteiger partial charge >= 0.3 is 0 Å². The normalized spacial score (nSPS) is 19.4. The minimum atomic E-state index is 0.129. The zero-order valence-electron chi connectivity index (χ0n) is 12.2. The van der Waals surface area contributed by atoms with Crippen LogP contribution in [0.5, 0.6) is 0 Å². The summed E-state index contributed by atoms with van der Waals surface area (Å²) in [5.74, 6) is 0.803. The van der Waals surface area contributed by atoms with Gasteiger partial charge in [-0.2, -0.15) is 0 Å². The standard InChI is InChI=1S/C15H25N3O/c1-4-5-12-6-7-17(9-12)15(19)14-8-13(16)10-18(14)11(2)3/h8,10-12H,4-7,9,16H2,1-3H3. The first-order valence-electron chi connectivity index (χ1n) is 7.29. The van der Waals surface area contributed by atoms with E-state index < -0.39 is 0 Å². The van der Waals surface area contributed by atoms with E-state index >= 15 is 0 Å². The summed E-state index contributed by atoms with van der Waals surface area (Å²) in [6, 6.07) is 2.06. The minimum Gasteiger partial charge on any atom is -0.397 e. The average Bonchev–Trinajstić information content (AvgIpc) is 2.95. The number of anilines is 1. The third-order valence-corrected chi connectivity index (χ3v) is 3.92. The van der Waals surface area contributed by atoms with Gasteiger partial charge in [0.05, 0.1) is 5.69 Å². The molecule has 4 nitrogen and oxygen atoms in total. The highest BCUT2D eigenvalue weighted by molar-refractivity contribution is 5.94. The maximum absolute atomic E-state index is 12.6. The largest absolute Gasteiger partial charge is 0.397 e. The number of hydrogen-bond acceptors (Lipinski definition) is 2. The molecule has 0 aliphatic carbocycles. The van der Waals surface area contributed by atoms with Gasteiger partial charge in [-0.05, 0) is 38.7 Å². The molecule has 1 atom stereocenters. The summed E-state index contributed by atoms with van der Waals surface area (Å²) in [4.78, 5) is 14.6. The summed E-state index contributed by atoms with van der Waals surface area (Å²) in [5, 5.41) is 0. The summed E-state index contributed by atoms with van der Waals surface area (Å²) < 4.78 is 1.98. The molecule has 2 rings (SSSR count). The van der Waals surface area contributed by atoms with E-state index in [9.17, 15) is 4.79 Å². The van der Waals surface area contributed by atoms with E-state index in [4.69, 9.17) is 5.73 Å². The average molecular weight is 263 g/mol. The number of nitrogens with two attached hydrogens (primary N) is 1. The van der Waals surface area contributed by atoms with Crippen molar-refractivity contribution in [3.05, 3.63) is 18.0 Å². The van der Waals surface area contributed by atoms with Crippen LogP contribution in [0.3, 0.4) is 0 Å². The highest BCUT2D eigenvalue weighted by Crippen LogP contribution is 2.24. The first-order chi connectivity index (χ1) is 9.02. The van der Waals surface area contributed by atoms with Crippen LogP contribution in [0.25, 0.3) is 0 Å². The summed E-state index contributed by atoms with van der Waals surface area (Å²) >= 11 is 0. The summed E-state index contributed by atoms with van der Waals surface area (Å²) in [5.41, 5.74) is 7.23. The zero-order valence-corrected chi connectivity index (χ0v) is 12.2. The van der Waals surface area contributed by atoms with Gasteiger partial charge in [0.2, 0.25) is 0 Å². The van der Waals surface area contributed by atoms with Crippen LogP contribution >= 0.6 is 0 Å². The molecule has 2 heterocycles. The monoisotopic (exact) mass is 263 g/mol. The van der Waals surface area contributed by atoms with Crippen molar-refractivity contribution in [1.29, 1.82) is 0 Å². The van der Waals surface area contributed by atoms with Crippen LogP contribution in [0, 0.1) is 5.92 Å². The Morgan fingerprint density at radius 3 is 2.89 bits per heavy atom. The lowest BCUT2D eigenvalue weighted by Crippen LogP contribution is -2.30. The number of nitrogens with zero attached hydrogens (tertiary/aromatic N) is 2. The summed E-state index contributed by atoms with van der Waals surface area (Å²) in [7, 11) is 0.